The van der Waals surface area contributed by atoms with Crippen molar-refractivity contribution in [2.24, 2.45) is 0 Å². The Hall–Kier alpha value is -2.27. The molecule has 2 aromatic heterocycles. The molecule has 0 saturated carbocycles. The van der Waals surface area contributed by atoms with E-state index in [-0.39, 0.29) is 5.69 Å². The Morgan fingerprint density at radius 1 is 1.26 bits per heavy atom. The van der Waals surface area contributed by atoms with Crippen molar-refractivity contribution in [3.05, 3.63) is 59.7 Å². The van der Waals surface area contributed by atoms with Crippen LogP contribution in [0.2, 0.25) is 0 Å². The second kappa shape index (κ2) is 6.06. The molecule has 0 saturated heterocycles. The van der Waals surface area contributed by atoms with Crippen LogP contribution < -0.4 is 0 Å². The van der Waals surface area contributed by atoms with Gasteiger partial charge < -0.3 is 5.11 Å². The van der Waals surface area contributed by atoms with Gasteiger partial charge in [0, 0.05) is 25.5 Å². The van der Waals surface area contributed by atoms with Crippen molar-refractivity contribution in [2.75, 3.05) is 7.05 Å². The van der Waals surface area contributed by atoms with Crippen LogP contribution >= 0.6 is 0 Å². The van der Waals surface area contributed by atoms with Crippen LogP contribution in [0.1, 0.15) is 21.7 Å². The summed E-state index contributed by atoms with van der Waals surface area (Å²) in [6.07, 6.45) is 3.55. The van der Waals surface area contributed by atoms with Gasteiger partial charge >= 0.3 is 5.97 Å². The summed E-state index contributed by atoms with van der Waals surface area (Å²) in [5, 5.41) is 8.89. The molecule has 0 radical (unpaired) electrons. The van der Waals surface area contributed by atoms with Crippen LogP contribution in [0.4, 0.5) is 0 Å². The molecule has 0 amide bonds. The molecule has 0 aliphatic heterocycles. The van der Waals surface area contributed by atoms with E-state index in [1.165, 1.54) is 6.07 Å². The second-order valence-corrected chi connectivity index (χ2v) is 4.35. The lowest BCUT2D eigenvalue weighted by Crippen LogP contribution is -2.18. The summed E-state index contributed by atoms with van der Waals surface area (Å²) in [4.78, 5) is 21.1. The first-order valence-corrected chi connectivity index (χ1v) is 5.92. The van der Waals surface area contributed by atoms with E-state index in [9.17, 15) is 4.79 Å². The molecule has 2 aromatic rings. The zero-order valence-corrected chi connectivity index (χ0v) is 10.7. The molecule has 2 heterocycles. The first kappa shape index (κ1) is 13.2. The summed E-state index contributed by atoms with van der Waals surface area (Å²) in [5.41, 5.74) is 1.93. The third-order valence-corrected chi connectivity index (χ3v) is 2.63. The van der Waals surface area contributed by atoms with Crippen LogP contribution in [-0.2, 0) is 13.1 Å². The predicted octanol–water partition coefficient (Wildman–Crippen LogP) is 1.81. The lowest BCUT2D eigenvalue weighted by Gasteiger charge is -2.16. The van der Waals surface area contributed by atoms with Gasteiger partial charge in [-0.05, 0) is 30.8 Å². The van der Waals surface area contributed by atoms with Crippen LogP contribution in [-0.4, -0.2) is 33.0 Å². The number of aromatic carboxylic acids is 1. The van der Waals surface area contributed by atoms with E-state index in [0.717, 1.165) is 17.8 Å². The standard InChI is InChI=1S/C14H15N3O2/c1-17(9-11-4-3-7-15-8-11)10-12-5-2-6-13(16-12)14(18)19/h2-8H,9-10H2,1H3,(H,18,19). The number of nitrogens with zero attached hydrogens (tertiary/aromatic N) is 3. The quantitative estimate of drug-likeness (QED) is 0.884. The van der Waals surface area contributed by atoms with Gasteiger partial charge in [0.05, 0.1) is 5.69 Å². The molecule has 0 spiro atoms. The maximum atomic E-state index is 10.8. The molecular formula is C14H15N3O2. The molecule has 0 fully saturated rings. The highest BCUT2D eigenvalue weighted by Gasteiger charge is 2.07. The fourth-order valence-electron chi connectivity index (χ4n) is 1.82. The molecular weight excluding hydrogens is 242 g/mol. The van der Waals surface area contributed by atoms with E-state index in [2.05, 4.69) is 14.9 Å². The van der Waals surface area contributed by atoms with E-state index in [1.54, 1.807) is 12.3 Å². The lowest BCUT2D eigenvalue weighted by atomic mass is 10.2. The largest absolute Gasteiger partial charge is 0.477 e. The van der Waals surface area contributed by atoms with Crippen molar-refractivity contribution >= 4 is 5.97 Å². The Bertz CT molecular complexity index is 558. The number of carbonyl (C=O) groups is 1. The van der Waals surface area contributed by atoms with E-state index in [0.29, 0.717) is 6.54 Å². The Balaban J connectivity index is 2.01. The Morgan fingerprint density at radius 3 is 2.79 bits per heavy atom. The van der Waals surface area contributed by atoms with Gasteiger partial charge in [-0.15, -0.1) is 0 Å². The number of carboxylic acid groups (broad SMARTS) is 1. The highest BCUT2D eigenvalue weighted by Crippen LogP contribution is 2.06. The zero-order valence-electron chi connectivity index (χ0n) is 10.7. The van der Waals surface area contributed by atoms with Crippen molar-refractivity contribution in [1.29, 1.82) is 0 Å². The predicted molar refractivity (Wildman–Crippen MR) is 70.6 cm³/mol. The average Bonchev–Trinajstić information content (AvgIpc) is 2.40. The van der Waals surface area contributed by atoms with Gasteiger partial charge in [-0.25, -0.2) is 9.78 Å². The van der Waals surface area contributed by atoms with Crippen molar-refractivity contribution in [1.82, 2.24) is 14.9 Å². The first-order chi connectivity index (χ1) is 9.15. The maximum Gasteiger partial charge on any atom is 0.354 e. The highest BCUT2D eigenvalue weighted by molar-refractivity contribution is 5.85. The first-order valence-electron chi connectivity index (χ1n) is 5.92. The number of carboxylic acids is 1. The van der Waals surface area contributed by atoms with Gasteiger partial charge in [-0.2, -0.15) is 0 Å². The van der Waals surface area contributed by atoms with Gasteiger partial charge in [-0.3, -0.25) is 9.88 Å². The monoisotopic (exact) mass is 257 g/mol. The van der Waals surface area contributed by atoms with Crippen LogP contribution in [0.3, 0.4) is 0 Å². The number of hydrogen-bond donors (Lipinski definition) is 1. The van der Waals surface area contributed by atoms with Crippen molar-refractivity contribution in [2.45, 2.75) is 13.1 Å². The van der Waals surface area contributed by atoms with Gasteiger partial charge in [0.2, 0.25) is 0 Å². The molecule has 98 valence electrons. The molecule has 0 aliphatic rings. The Kier molecular flexibility index (Phi) is 4.20. The van der Waals surface area contributed by atoms with Crippen molar-refractivity contribution in [3.63, 3.8) is 0 Å². The highest BCUT2D eigenvalue weighted by atomic mass is 16.4. The van der Waals surface area contributed by atoms with E-state index >= 15 is 0 Å². The molecule has 1 N–H and O–H groups in total. The van der Waals surface area contributed by atoms with Gasteiger partial charge in [-0.1, -0.05) is 12.1 Å². The van der Waals surface area contributed by atoms with Crippen molar-refractivity contribution < 1.29 is 9.90 Å². The molecule has 5 heteroatoms. The SMILES string of the molecule is CN(Cc1cccnc1)Cc1cccc(C(=O)O)n1. The Labute approximate surface area is 111 Å². The van der Waals surface area contributed by atoms with Crippen LogP contribution in [0, 0.1) is 0 Å². The summed E-state index contributed by atoms with van der Waals surface area (Å²) in [7, 11) is 1.96. The number of pyridine rings is 2. The van der Waals surface area contributed by atoms with Crippen LogP contribution in [0.5, 0.6) is 0 Å². The third kappa shape index (κ3) is 3.86. The molecule has 0 aliphatic carbocycles. The summed E-state index contributed by atoms with van der Waals surface area (Å²) >= 11 is 0. The van der Waals surface area contributed by atoms with E-state index in [4.69, 9.17) is 5.11 Å². The van der Waals surface area contributed by atoms with Gasteiger partial charge in [0.1, 0.15) is 5.69 Å². The smallest absolute Gasteiger partial charge is 0.354 e. The minimum Gasteiger partial charge on any atom is -0.477 e. The molecule has 0 aromatic carbocycles. The number of rotatable bonds is 5. The molecule has 2 rings (SSSR count). The zero-order chi connectivity index (χ0) is 13.7. The van der Waals surface area contributed by atoms with E-state index in [1.807, 2.05) is 31.4 Å². The molecule has 0 unspecified atom stereocenters. The molecule has 5 nitrogen and oxygen atoms in total. The summed E-state index contributed by atoms with van der Waals surface area (Å²) < 4.78 is 0. The van der Waals surface area contributed by atoms with Gasteiger partial charge in [0.15, 0.2) is 0 Å². The van der Waals surface area contributed by atoms with Crippen LogP contribution in [0.25, 0.3) is 0 Å². The normalized spacial score (nSPS) is 10.6. The average molecular weight is 257 g/mol. The van der Waals surface area contributed by atoms with E-state index < -0.39 is 5.97 Å². The number of hydrogen-bond acceptors (Lipinski definition) is 4. The minimum atomic E-state index is -1.00. The molecule has 0 atom stereocenters. The molecule has 0 bridgehead atoms. The minimum absolute atomic E-state index is 0.0762. The topological polar surface area (TPSA) is 66.3 Å². The fraction of sp³-hybridized carbons (Fsp3) is 0.214. The molecule has 19 heavy (non-hydrogen) atoms. The summed E-state index contributed by atoms with van der Waals surface area (Å²) in [6.45, 7) is 1.34. The summed E-state index contributed by atoms with van der Waals surface area (Å²) in [5.74, 6) is -1.00. The maximum absolute atomic E-state index is 10.8. The van der Waals surface area contributed by atoms with Gasteiger partial charge in [0.25, 0.3) is 0 Å². The third-order valence-electron chi connectivity index (χ3n) is 2.63. The van der Waals surface area contributed by atoms with Crippen LogP contribution in [0.15, 0.2) is 42.7 Å². The Morgan fingerprint density at radius 2 is 2.11 bits per heavy atom. The number of aromatic nitrogens is 2. The van der Waals surface area contributed by atoms with Crippen molar-refractivity contribution in [3.8, 4) is 0 Å². The lowest BCUT2D eigenvalue weighted by molar-refractivity contribution is 0.0690. The second-order valence-electron chi connectivity index (χ2n) is 4.35. The fourth-order valence-corrected chi connectivity index (χ4v) is 1.82. The summed E-state index contributed by atoms with van der Waals surface area (Å²) in [6, 6.07) is 8.93.